The molecule has 2 heterocycles. The van der Waals surface area contributed by atoms with Crippen LogP contribution in [0.25, 0.3) is 22.2 Å². The first-order chi connectivity index (χ1) is 14.2. The number of rotatable bonds is 4. The second-order valence-corrected chi connectivity index (χ2v) is 8.32. The number of pyridine rings is 1. The summed E-state index contributed by atoms with van der Waals surface area (Å²) in [5.74, 6) is 0.601. The van der Waals surface area contributed by atoms with Gasteiger partial charge in [-0.1, -0.05) is 49.6 Å². The van der Waals surface area contributed by atoms with Crippen LogP contribution in [0, 0.1) is 0 Å². The number of hydrogen-bond acceptors (Lipinski definition) is 5. The van der Waals surface area contributed by atoms with E-state index in [-0.39, 0.29) is 11.6 Å². The van der Waals surface area contributed by atoms with E-state index in [0.29, 0.717) is 28.9 Å². The highest BCUT2D eigenvalue weighted by Crippen LogP contribution is 2.36. The van der Waals surface area contributed by atoms with Gasteiger partial charge in [-0.15, -0.1) is 0 Å². The van der Waals surface area contributed by atoms with Gasteiger partial charge >= 0.3 is 0 Å². The van der Waals surface area contributed by atoms with Crippen LogP contribution in [0.4, 0.5) is 11.6 Å². The van der Waals surface area contributed by atoms with Crippen LogP contribution >= 0.6 is 0 Å². The molecule has 6 heteroatoms. The van der Waals surface area contributed by atoms with E-state index in [4.69, 9.17) is 10.7 Å². The van der Waals surface area contributed by atoms with Crippen molar-refractivity contribution in [1.29, 1.82) is 0 Å². The lowest BCUT2D eigenvalue weighted by Gasteiger charge is -2.30. The standard InChI is InChI=1S/C23H27N5O/c24-20-18-14-25-23(26-16-10-5-2-6-11-16)27-21(18)28(17-12-7-13-17)22(29)19(20)15-8-3-1-4-9-15/h1,3-4,8-9,14,16-17H,2,5-7,10-13,24H2,(H,25,26,27). The number of anilines is 2. The van der Waals surface area contributed by atoms with Gasteiger partial charge in [0.1, 0.15) is 0 Å². The fraction of sp³-hybridized carbons (Fsp3) is 0.435. The molecule has 0 bridgehead atoms. The van der Waals surface area contributed by atoms with Crippen molar-refractivity contribution in [3.05, 3.63) is 46.9 Å². The molecule has 3 N–H and O–H groups in total. The van der Waals surface area contributed by atoms with Crippen molar-refractivity contribution in [3.8, 4) is 11.1 Å². The smallest absolute Gasteiger partial charge is 0.262 e. The molecule has 0 unspecified atom stereocenters. The largest absolute Gasteiger partial charge is 0.397 e. The molecule has 0 saturated heterocycles. The SMILES string of the molecule is Nc1c(-c2ccccc2)c(=O)n(C2CCC2)c2nc(NC3CCCCC3)ncc12. The zero-order chi connectivity index (χ0) is 19.8. The topological polar surface area (TPSA) is 85.8 Å². The van der Waals surface area contributed by atoms with E-state index >= 15 is 0 Å². The Labute approximate surface area is 170 Å². The molecule has 0 amide bonds. The van der Waals surface area contributed by atoms with Crippen LogP contribution in [-0.2, 0) is 0 Å². The Morgan fingerprint density at radius 2 is 1.76 bits per heavy atom. The zero-order valence-corrected chi connectivity index (χ0v) is 16.6. The third-order valence-electron chi connectivity index (χ3n) is 6.43. The third-order valence-corrected chi connectivity index (χ3v) is 6.43. The van der Waals surface area contributed by atoms with Crippen molar-refractivity contribution < 1.29 is 0 Å². The number of nitrogens with zero attached hydrogens (tertiary/aromatic N) is 3. The van der Waals surface area contributed by atoms with Crippen molar-refractivity contribution in [2.75, 3.05) is 11.1 Å². The fourth-order valence-electron chi connectivity index (χ4n) is 4.58. The first kappa shape index (κ1) is 18.2. The molecule has 2 saturated carbocycles. The molecule has 0 aliphatic heterocycles. The average Bonchev–Trinajstić information content (AvgIpc) is 2.71. The Kier molecular flexibility index (Phi) is 4.70. The molecule has 2 fully saturated rings. The summed E-state index contributed by atoms with van der Waals surface area (Å²) in [5, 5.41) is 4.24. The Hall–Kier alpha value is -2.89. The van der Waals surface area contributed by atoms with Crippen molar-refractivity contribution in [1.82, 2.24) is 14.5 Å². The summed E-state index contributed by atoms with van der Waals surface area (Å²) < 4.78 is 1.87. The maximum absolute atomic E-state index is 13.5. The van der Waals surface area contributed by atoms with Gasteiger partial charge in [-0.25, -0.2) is 4.98 Å². The number of fused-ring (bicyclic) bond motifs is 1. The first-order valence-electron chi connectivity index (χ1n) is 10.7. The van der Waals surface area contributed by atoms with E-state index in [1.807, 2.05) is 34.9 Å². The van der Waals surface area contributed by atoms with Crippen molar-refractivity contribution in [3.63, 3.8) is 0 Å². The van der Waals surface area contributed by atoms with Gasteiger partial charge in [-0.3, -0.25) is 9.36 Å². The molecule has 2 aliphatic rings. The molecule has 6 nitrogen and oxygen atoms in total. The molecular formula is C23H27N5O. The zero-order valence-electron chi connectivity index (χ0n) is 16.6. The summed E-state index contributed by atoms with van der Waals surface area (Å²) in [6.45, 7) is 0. The lowest BCUT2D eigenvalue weighted by Crippen LogP contribution is -2.32. The molecule has 150 valence electrons. The van der Waals surface area contributed by atoms with E-state index in [2.05, 4.69) is 10.3 Å². The molecule has 2 aliphatic carbocycles. The molecule has 2 aromatic heterocycles. The van der Waals surface area contributed by atoms with Crippen LogP contribution in [0.15, 0.2) is 41.3 Å². The Morgan fingerprint density at radius 1 is 1.00 bits per heavy atom. The maximum atomic E-state index is 13.5. The van der Waals surface area contributed by atoms with Gasteiger partial charge in [0, 0.05) is 18.3 Å². The van der Waals surface area contributed by atoms with Crippen LogP contribution in [0.1, 0.15) is 57.4 Å². The van der Waals surface area contributed by atoms with E-state index in [1.165, 1.54) is 19.3 Å². The van der Waals surface area contributed by atoms with Gasteiger partial charge in [0.25, 0.3) is 5.56 Å². The van der Waals surface area contributed by atoms with Crippen molar-refractivity contribution in [2.45, 2.75) is 63.5 Å². The highest BCUT2D eigenvalue weighted by molar-refractivity contribution is 5.96. The normalized spacial score (nSPS) is 17.9. The third kappa shape index (κ3) is 3.26. The van der Waals surface area contributed by atoms with Gasteiger partial charge in [0.2, 0.25) is 5.95 Å². The number of aromatic nitrogens is 3. The number of hydrogen-bond donors (Lipinski definition) is 2. The van der Waals surface area contributed by atoms with Gasteiger partial charge in [0.15, 0.2) is 5.65 Å². The molecule has 0 spiro atoms. The highest BCUT2D eigenvalue weighted by Gasteiger charge is 2.27. The molecule has 29 heavy (non-hydrogen) atoms. The van der Waals surface area contributed by atoms with E-state index in [1.54, 1.807) is 6.20 Å². The van der Waals surface area contributed by atoms with Gasteiger partial charge in [0.05, 0.1) is 16.6 Å². The summed E-state index contributed by atoms with van der Waals surface area (Å²) >= 11 is 0. The predicted molar refractivity (Wildman–Crippen MR) is 117 cm³/mol. The van der Waals surface area contributed by atoms with Crippen LogP contribution in [0.5, 0.6) is 0 Å². The van der Waals surface area contributed by atoms with Crippen LogP contribution in [-0.4, -0.2) is 20.6 Å². The van der Waals surface area contributed by atoms with Crippen LogP contribution in [0.3, 0.4) is 0 Å². The fourth-order valence-corrected chi connectivity index (χ4v) is 4.58. The summed E-state index contributed by atoms with van der Waals surface area (Å²) in [6.07, 6.45) is 11.0. The van der Waals surface area contributed by atoms with E-state index in [9.17, 15) is 4.79 Å². The van der Waals surface area contributed by atoms with Gasteiger partial charge in [-0.2, -0.15) is 4.98 Å². The van der Waals surface area contributed by atoms with Crippen LogP contribution < -0.4 is 16.6 Å². The minimum atomic E-state index is -0.0479. The molecule has 3 aromatic rings. The number of benzene rings is 1. The minimum Gasteiger partial charge on any atom is -0.397 e. The van der Waals surface area contributed by atoms with Gasteiger partial charge < -0.3 is 11.1 Å². The predicted octanol–water partition coefficient (Wildman–Crippen LogP) is 4.51. The highest BCUT2D eigenvalue weighted by atomic mass is 16.1. The Balaban J connectivity index is 1.66. The molecule has 0 atom stereocenters. The second kappa shape index (κ2) is 7.50. The van der Waals surface area contributed by atoms with Crippen molar-refractivity contribution in [2.24, 2.45) is 0 Å². The summed E-state index contributed by atoms with van der Waals surface area (Å²) in [6, 6.07) is 10.3. The van der Waals surface area contributed by atoms with Crippen LogP contribution in [0.2, 0.25) is 0 Å². The molecule has 5 rings (SSSR count). The summed E-state index contributed by atoms with van der Waals surface area (Å²) in [4.78, 5) is 22.9. The van der Waals surface area contributed by atoms with Gasteiger partial charge in [-0.05, 0) is 37.7 Å². The summed E-state index contributed by atoms with van der Waals surface area (Å²) in [7, 11) is 0. The Morgan fingerprint density at radius 3 is 2.45 bits per heavy atom. The average molecular weight is 390 g/mol. The van der Waals surface area contributed by atoms with E-state index < -0.39 is 0 Å². The lowest BCUT2D eigenvalue weighted by molar-refractivity contribution is 0.314. The number of nitrogens with one attached hydrogen (secondary N) is 1. The second-order valence-electron chi connectivity index (χ2n) is 8.32. The molecule has 1 aromatic carbocycles. The van der Waals surface area contributed by atoms with E-state index in [0.717, 1.165) is 43.1 Å². The first-order valence-corrected chi connectivity index (χ1v) is 10.7. The Bertz CT molecular complexity index is 1080. The number of nitrogens with two attached hydrogens (primary N) is 1. The quantitative estimate of drug-likeness (QED) is 0.686. The lowest BCUT2D eigenvalue weighted by atomic mass is 9.92. The monoisotopic (exact) mass is 389 g/mol. The van der Waals surface area contributed by atoms with Crippen molar-refractivity contribution >= 4 is 22.7 Å². The minimum absolute atomic E-state index is 0.0479. The maximum Gasteiger partial charge on any atom is 0.262 e. The molecule has 0 radical (unpaired) electrons. The molecular weight excluding hydrogens is 362 g/mol. The number of nitrogen functional groups attached to an aromatic ring is 1. The summed E-state index contributed by atoms with van der Waals surface area (Å²) in [5.41, 5.74) is 8.98.